The van der Waals surface area contributed by atoms with Crippen LogP contribution in [-0.2, 0) is 6.42 Å². The molecule has 3 aromatic rings. The summed E-state index contributed by atoms with van der Waals surface area (Å²) in [5, 5.41) is 17.2. The molecule has 5 heteroatoms. The molecule has 3 rings (SSSR count). The van der Waals surface area contributed by atoms with Gasteiger partial charge >= 0.3 is 0 Å². The van der Waals surface area contributed by atoms with Crippen LogP contribution in [0.15, 0.2) is 54.6 Å². The first-order chi connectivity index (χ1) is 9.81. The van der Waals surface area contributed by atoms with E-state index in [1.807, 2.05) is 54.6 Å². The smallest absolute Gasteiger partial charge is 0.131 e. The third kappa shape index (κ3) is 2.97. The van der Waals surface area contributed by atoms with Crippen LogP contribution in [0, 0.1) is 0 Å². The van der Waals surface area contributed by atoms with Gasteiger partial charge < -0.3 is 0 Å². The number of rotatable bonds is 3. The van der Waals surface area contributed by atoms with Crippen LogP contribution in [0.4, 0.5) is 0 Å². The lowest BCUT2D eigenvalue weighted by molar-refractivity contribution is 0.787. The fourth-order valence-electron chi connectivity index (χ4n) is 1.81. The summed E-state index contributed by atoms with van der Waals surface area (Å²) in [7, 11) is 0. The van der Waals surface area contributed by atoms with Crippen molar-refractivity contribution in [1.82, 2.24) is 20.4 Å². The van der Waals surface area contributed by atoms with Crippen LogP contribution >= 0.6 is 11.6 Å². The fourth-order valence-corrected chi connectivity index (χ4v) is 1.93. The zero-order valence-corrected chi connectivity index (χ0v) is 11.3. The van der Waals surface area contributed by atoms with Crippen LogP contribution in [0.5, 0.6) is 0 Å². The first kappa shape index (κ1) is 12.7. The minimum atomic E-state index is 0.533. The van der Waals surface area contributed by atoms with E-state index in [1.54, 1.807) is 0 Å². The van der Waals surface area contributed by atoms with E-state index in [2.05, 4.69) is 20.4 Å². The van der Waals surface area contributed by atoms with Gasteiger partial charge in [0.2, 0.25) is 5.82 Å². The van der Waals surface area contributed by atoms with Crippen molar-refractivity contribution in [3.63, 3.8) is 0 Å². The molecule has 1 heterocycles. The number of halogens is 1. The van der Waals surface area contributed by atoms with Crippen LogP contribution in [0.2, 0.25) is 5.02 Å². The Morgan fingerprint density at radius 3 is 2.05 bits per heavy atom. The highest BCUT2D eigenvalue weighted by Crippen LogP contribution is 2.13. The molecule has 0 aliphatic heterocycles. The summed E-state index contributed by atoms with van der Waals surface area (Å²) in [6.07, 6.45) is 0.590. The molecule has 20 heavy (non-hydrogen) atoms. The topological polar surface area (TPSA) is 51.6 Å². The summed E-state index contributed by atoms with van der Waals surface area (Å²) in [5.74, 6) is 1.12. The Bertz CT molecular complexity index is 681. The van der Waals surface area contributed by atoms with Crippen LogP contribution in [0.1, 0.15) is 11.4 Å². The first-order valence-corrected chi connectivity index (χ1v) is 6.55. The van der Waals surface area contributed by atoms with E-state index in [0.717, 1.165) is 11.1 Å². The molecule has 98 valence electrons. The minimum absolute atomic E-state index is 0.533. The van der Waals surface area contributed by atoms with E-state index in [-0.39, 0.29) is 0 Å². The third-order valence-electron chi connectivity index (χ3n) is 2.83. The molecule has 0 bridgehead atoms. The SMILES string of the molecule is Clc1ccc(Cc2nnc(-c3ccccc3)nn2)cc1. The van der Waals surface area contributed by atoms with E-state index >= 15 is 0 Å². The van der Waals surface area contributed by atoms with E-state index in [1.165, 1.54) is 0 Å². The Kier molecular flexibility index (Phi) is 3.65. The maximum Gasteiger partial charge on any atom is 0.203 e. The number of nitrogens with zero attached hydrogens (tertiary/aromatic N) is 4. The van der Waals surface area contributed by atoms with Gasteiger partial charge in [-0.3, -0.25) is 0 Å². The van der Waals surface area contributed by atoms with Crippen molar-refractivity contribution >= 4 is 11.6 Å². The largest absolute Gasteiger partial charge is 0.203 e. The van der Waals surface area contributed by atoms with E-state index in [9.17, 15) is 0 Å². The molecule has 0 atom stereocenters. The molecule has 1 aromatic heterocycles. The van der Waals surface area contributed by atoms with Gasteiger partial charge in [0.05, 0.1) is 0 Å². The predicted octanol–water partition coefficient (Wildman–Crippen LogP) is 3.18. The molecular formula is C15H11ClN4. The molecular weight excluding hydrogens is 272 g/mol. The van der Waals surface area contributed by atoms with Gasteiger partial charge in [-0.25, -0.2) is 0 Å². The molecule has 0 aliphatic carbocycles. The van der Waals surface area contributed by atoms with Crippen LogP contribution in [0.25, 0.3) is 11.4 Å². The zero-order valence-electron chi connectivity index (χ0n) is 10.6. The van der Waals surface area contributed by atoms with Crippen molar-refractivity contribution in [3.8, 4) is 11.4 Å². The Hall–Kier alpha value is -2.33. The number of benzene rings is 2. The quantitative estimate of drug-likeness (QED) is 0.740. The lowest BCUT2D eigenvalue weighted by Crippen LogP contribution is -2.03. The normalized spacial score (nSPS) is 10.4. The van der Waals surface area contributed by atoms with Crippen molar-refractivity contribution in [2.24, 2.45) is 0 Å². The monoisotopic (exact) mass is 282 g/mol. The summed E-state index contributed by atoms with van der Waals surface area (Å²) in [4.78, 5) is 0. The molecule has 0 unspecified atom stereocenters. The zero-order chi connectivity index (χ0) is 13.8. The fraction of sp³-hybridized carbons (Fsp3) is 0.0667. The van der Waals surface area contributed by atoms with Gasteiger partial charge in [-0.15, -0.1) is 20.4 Å². The highest BCUT2D eigenvalue weighted by atomic mass is 35.5. The third-order valence-corrected chi connectivity index (χ3v) is 3.08. The van der Waals surface area contributed by atoms with E-state index in [4.69, 9.17) is 11.6 Å². The average Bonchev–Trinajstić information content (AvgIpc) is 2.51. The Balaban J connectivity index is 1.78. The Morgan fingerprint density at radius 2 is 1.40 bits per heavy atom. The number of hydrogen-bond acceptors (Lipinski definition) is 4. The molecule has 0 radical (unpaired) electrons. The van der Waals surface area contributed by atoms with Crippen molar-refractivity contribution in [1.29, 1.82) is 0 Å². The van der Waals surface area contributed by atoms with Crippen molar-refractivity contribution in [2.45, 2.75) is 6.42 Å². The summed E-state index contributed by atoms with van der Waals surface area (Å²) >= 11 is 5.85. The van der Waals surface area contributed by atoms with Crippen molar-refractivity contribution in [2.75, 3.05) is 0 Å². The lowest BCUT2D eigenvalue weighted by atomic mass is 10.1. The summed E-state index contributed by atoms with van der Waals surface area (Å²) < 4.78 is 0. The predicted molar refractivity (Wildman–Crippen MR) is 77.3 cm³/mol. The second kappa shape index (κ2) is 5.75. The van der Waals surface area contributed by atoms with Gasteiger partial charge in [-0.2, -0.15) is 0 Å². The molecule has 0 saturated carbocycles. The lowest BCUT2D eigenvalue weighted by Gasteiger charge is -2.01. The Morgan fingerprint density at radius 1 is 0.750 bits per heavy atom. The van der Waals surface area contributed by atoms with Gasteiger partial charge in [0.1, 0.15) is 0 Å². The highest BCUT2D eigenvalue weighted by molar-refractivity contribution is 6.30. The van der Waals surface area contributed by atoms with Crippen molar-refractivity contribution < 1.29 is 0 Å². The molecule has 0 amide bonds. The maximum atomic E-state index is 5.85. The van der Waals surface area contributed by atoms with E-state index in [0.29, 0.717) is 23.1 Å². The second-order valence-corrected chi connectivity index (χ2v) is 4.75. The maximum absolute atomic E-state index is 5.85. The Labute approximate surface area is 121 Å². The van der Waals surface area contributed by atoms with Gasteiger partial charge in [0.25, 0.3) is 0 Å². The first-order valence-electron chi connectivity index (χ1n) is 6.17. The van der Waals surface area contributed by atoms with Gasteiger partial charge in [-0.05, 0) is 17.7 Å². The summed E-state index contributed by atoms with van der Waals surface area (Å²) in [5.41, 5.74) is 1.98. The number of hydrogen-bond donors (Lipinski definition) is 0. The van der Waals surface area contributed by atoms with Gasteiger partial charge in [-0.1, -0.05) is 54.1 Å². The molecule has 0 spiro atoms. The highest BCUT2D eigenvalue weighted by Gasteiger charge is 2.04. The molecule has 0 aliphatic rings. The average molecular weight is 283 g/mol. The molecule has 0 saturated heterocycles. The van der Waals surface area contributed by atoms with Crippen molar-refractivity contribution in [3.05, 3.63) is 71.0 Å². The second-order valence-electron chi connectivity index (χ2n) is 4.31. The summed E-state index contributed by atoms with van der Waals surface area (Å²) in [6, 6.07) is 17.2. The van der Waals surface area contributed by atoms with Gasteiger partial charge in [0.15, 0.2) is 5.82 Å². The van der Waals surface area contributed by atoms with Crippen LogP contribution in [-0.4, -0.2) is 20.4 Å². The molecule has 0 N–H and O–H groups in total. The standard InChI is InChI=1S/C15H11ClN4/c16-13-8-6-11(7-9-13)10-14-17-19-15(20-18-14)12-4-2-1-3-5-12/h1-9H,10H2. The molecule has 4 nitrogen and oxygen atoms in total. The van der Waals surface area contributed by atoms with Crippen LogP contribution < -0.4 is 0 Å². The van der Waals surface area contributed by atoms with E-state index < -0.39 is 0 Å². The van der Waals surface area contributed by atoms with Crippen LogP contribution in [0.3, 0.4) is 0 Å². The number of aromatic nitrogens is 4. The summed E-state index contributed by atoms with van der Waals surface area (Å²) in [6.45, 7) is 0. The molecule has 0 fully saturated rings. The van der Waals surface area contributed by atoms with Gasteiger partial charge in [0, 0.05) is 17.0 Å². The minimum Gasteiger partial charge on any atom is -0.131 e. The molecule has 2 aromatic carbocycles.